The molecular weight excluding hydrogens is 1080 g/mol. The van der Waals surface area contributed by atoms with E-state index in [1.165, 1.54) is 334 Å². The van der Waals surface area contributed by atoms with E-state index in [1.807, 2.05) is 22.7 Å². The van der Waals surface area contributed by atoms with E-state index in [2.05, 4.69) is 83.8 Å². The predicted octanol–water partition coefficient (Wildman–Crippen LogP) is 26.2. The molecule has 0 amide bonds. The lowest BCUT2D eigenvalue weighted by Gasteiger charge is -2.17. The fourth-order valence-electron chi connectivity index (χ4n) is 11.7. The molecule has 2 atom stereocenters. The van der Waals surface area contributed by atoms with Crippen LogP contribution in [-0.4, -0.2) is 8.75 Å². The van der Waals surface area contributed by atoms with Gasteiger partial charge in [0.15, 0.2) is 0 Å². The lowest BCUT2D eigenvalue weighted by molar-refractivity contribution is 0.365. The molecular formula is C66H110Br2N2S3. The third-order valence-corrected chi connectivity index (χ3v) is 21.0. The van der Waals surface area contributed by atoms with E-state index in [1.54, 1.807) is 0 Å². The van der Waals surface area contributed by atoms with Crippen LogP contribution in [0, 0.1) is 11.8 Å². The molecule has 2 nitrogen and oxygen atoms in total. The molecule has 0 N–H and O–H groups in total. The van der Waals surface area contributed by atoms with Gasteiger partial charge in [0.25, 0.3) is 0 Å². The van der Waals surface area contributed by atoms with E-state index < -0.39 is 0 Å². The Morgan fingerprint density at radius 3 is 0.863 bits per heavy atom. The van der Waals surface area contributed by atoms with Gasteiger partial charge in [0.05, 0.1) is 19.3 Å². The van der Waals surface area contributed by atoms with Crippen molar-refractivity contribution in [3.05, 3.63) is 43.0 Å². The number of thiophene rings is 2. The monoisotopic (exact) mass is 1180 g/mol. The second-order valence-electron chi connectivity index (χ2n) is 22.9. The first-order valence-corrected chi connectivity index (χ1v) is 35.8. The van der Waals surface area contributed by atoms with Crippen molar-refractivity contribution in [2.75, 3.05) is 0 Å². The van der Waals surface area contributed by atoms with Crippen molar-refractivity contribution in [2.24, 2.45) is 11.8 Å². The van der Waals surface area contributed by atoms with Gasteiger partial charge in [-0.1, -0.05) is 310 Å². The van der Waals surface area contributed by atoms with Gasteiger partial charge in [-0.15, -0.1) is 22.7 Å². The standard InChI is InChI=1S/C66H110Br2N2S3/c1-5-9-13-17-21-23-29-37-45-55(43-35-27-19-15-11-7-3)47-39-31-25-33-41-49-57-53-61(71-65(57)67)59-51-52-60(64-63(59)69-73-70-64)62-54-58(66(68)72-62)50-42-34-26-32-40-48-56(44-36-28-20-16-12-8-4)46-38-30-24-22-18-14-10-6-2/h51-56H,5-50H2,1-4H3. The molecule has 0 radical (unpaired) electrons. The van der Waals surface area contributed by atoms with Crippen molar-refractivity contribution in [1.29, 1.82) is 0 Å². The third-order valence-electron chi connectivity index (χ3n) is 16.4. The number of hydrogen-bond donors (Lipinski definition) is 0. The summed E-state index contributed by atoms with van der Waals surface area (Å²) in [5, 5.41) is 0. The molecule has 0 saturated heterocycles. The Morgan fingerprint density at radius 1 is 0.342 bits per heavy atom. The minimum atomic E-state index is 0.969. The van der Waals surface area contributed by atoms with Crippen LogP contribution in [-0.2, 0) is 12.8 Å². The maximum absolute atomic E-state index is 4.91. The van der Waals surface area contributed by atoms with Crippen LogP contribution < -0.4 is 0 Å². The first-order valence-electron chi connectivity index (χ1n) is 31.8. The van der Waals surface area contributed by atoms with Crippen LogP contribution in [0.5, 0.6) is 0 Å². The molecule has 0 aliphatic carbocycles. The molecule has 0 saturated carbocycles. The van der Waals surface area contributed by atoms with Gasteiger partial charge in [-0.25, -0.2) is 0 Å². The zero-order chi connectivity index (χ0) is 51.8. The lowest BCUT2D eigenvalue weighted by atomic mass is 9.89. The van der Waals surface area contributed by atoms with Gasteiger partial charge in [0.1, 0.15) is 11.0 Å². The summed E-state index contributed by atoms with van der Waals surface area (Å²) in [7, 11) is 0. The Hall–Kier alpha value is -0.600. The van der Waals surface area contributed by atoms with Crippen LogP contribution in [0.3, 0.4) is 0 Å². The molecule has 3 heterocycles. The fraction of sp³-hybridized carbons (Fsp3) is 0.788. The third kappa shape index (κ3) is 28.2. The molecule has 416 valence electrons. The average molecular weight is 1190 g/mol. The Labute approximate surface area is 481 Å². The molecule has 0 aliphatic rings. The average Bonchev–Trinajstić information content (AvgIpc) is 4.14. The van der Waals surface area contributed by atoms with E-state index in [9.17, 15) is 0 Å². The number of aromatic nitrogens is 2. The van der Waals surface area contributed by atoms with Crippen molar-refractivity contribution < 1.29 is 0 Å². The highest BCUT2D eigenvalue weighted by molar-refractivity contribution is 9.11. The van der Waals surface area contributed by atoms with Gasteiger partial charge in [0.2, 0.25) is 0 Å². The van der Waals surface area contributed by atoms with Crippen molar-refractivity contribution in [3.8, 4) is 20.9 Å². The number of unbranched alkanes of at least 4 members (excludes halogenated alkanes) is 32. The summed E-state index contributed by atoms with van der Waals surface area (Å²) in [5.41, 5.74) is 7.47. The van der Waals surface area contributed by atoms with E-state index in [0.29, 0.717) is 0 Å². The van der Waals surface area contributed by atoms with Crippen LogP contribution in [0.4, 0.5) is 0 Å². The van der Waals surface area contributed by atoms with Gasteiger partial charge in [-0.05, 0) is 92.6 Å². The summed E-state index contributed by atoms with van der Waals surface area (Å²) in [5.74, 6) is 1.94. The van der Waals surface area contributed by atoms with Crippen LogP contribution in [0.15, 0.2) is 31.8 Å². The number of nitrogens with zero attached hydrogens (tertiary/aromatic N) is 2. The zero-order valence-electron chi connectivity index (χ0n) is 47.9. The molecule has 1 aromatic carbocycles. The molecule has 0 bridgehead atoms. The van der Waals surface area contributed by atoms with Crippen LogP contribution in [0.2, 0.25) is 0 Å². The fourth-order valence-corrected chi connectivity index (χ4v) is 15.8. The van der Waals surface area contributed by atoms with Crippen molar-refractivity contribution in [1.82, 2.24) is 8.75 Å². The molecule has 0 fully saturated rings. The summed E-state index contributed by atoms with van der Waals surface area (Å²) in [6.07, 6.45) is 65.0. The van der Waals surface area contributed by atoms with Gasteiger partial charge in [-0.2, -0.15) is 8.75 Å². The molecule has 0 aliphatic heterocycles. The molecule has 4 rings (SSSR count). The van der Waals surface area contributed by atoms with E-state index in [0.717, 1.165) is 35.7 Å². The Morgan fingerprint density at radius 2 is 0.589 bits per heavy atom. The number of hydrogen-bond acceptors (Lipinski definition) is 5. The van der Waals surface area contributed by atoms with Crippen LogP contribution in [0.1, 0.15) is 321 Å². The minimum absolute atomic E-state index is 0.969. The minimum Gasteiger partial charge on any atom is -0.172 e. The highest BCUT2D eigenvalue weighted by Crippen LogP contribution is 2.44. The van der Waals surface area contributed by atoms with Gasteiger partial charge < -0.3 is 0 Å². The second kappa shape index (κ2) is 43.3. The summed E-state index contributed by atoms with van der Waals surface area (Å²) in [6.45, 7) is 9.31. The highest BCUT2D eigenvalue weighted by Gasteiger charge is 2.19. The summed E-state index contributed by atoms with van der Waals surface area (Å²) >= 11 is 13.1. The van der Waals surface area contributed by atoms with Crippen LogP contribution in [0.25, 0.3) is 31.9 Å². The van der Waals surface area contributed by atoms with E-state index in [4.69, 9.17) is 8.75 Å². The number of aryl methyl sites for hydroxylation is 2. The molecule has 2 unspecified atom stereocenters. The largest absolute Gasteiger partial charge is 0.172 e. The summed E-state index contributed by atoms with van der Waals surface area (Å²) < 4.78 is 12.4. The van der Waals surface area contributed by atoms with Crippen LogP contribution >= 0.6 is 66.3 Å². The number of benzene rings is 1. The topological polar surface area (TPSA) is 25.8 Å². The maximum Gasteiger partial charge on any atom is 0.114 e. The SMILES string of the molecule is CCCCCCCCCCC(CCCCCCCC)CCCCCCCc1cc(-c2ccc(-c3cc(CCCCCCCC(CCCCCCCC)CCCCCCCCCC)c(Br)s3)c3nsnc23)sc1Br. The number of fused-ring (bicyclic) bond motifs is 1. The highest BCUT2D eigenvalue weighted by atomic mass is 79.9. The molecule has 4 aromatic rings. The van der Waals surface area contributed by atoms with Gasteiger partial charge in [0, 0.05) is 20.9 Å². The first kappa shape index (κ1) is 64.9. The van der Waals surface area contributed by atoms with Crippen molar-refractivity contribution in [3.63, 3.8) is 0 Å². The summed E-state index contributed by atoms with van der Waals surface area (Å²) in [6, 6.07) is 9.51. The molecule has 3 aromatic heterocycles. The Bertz CT molecular complexity index is 1760. The second-order valence-corrected chi connectivity index (χ2v) is 28.2. The number of rotatable bonds is 50. The number of halogens is 2. The van der Waals surface area contributed by atoms with E-state index in [-0.39, 0.29) is 0 Å². The Kier molecular flexibility index (Phi) is 38.5. The van der Waals surface area contributed by atoms with Crippen molar-refractivity contribution >= 4 is 77.3 Å². The quantitative estimate of drug-likeness (QED) is 0.0412. The maximum atomic E-state index is 4.91. The first-order chi connectivity index (χ1) is 36.0. The smallest absolute Gasteiger partial charge is 0.114 e. The Balaban J connectivity index is 1.17. The molecule has 0 spiro atoms. The predicted molar refractivity (Wildman–Crippen MR) is 340 cm³/mol. The lowest BCUT2D eigenvalue weighted by Crippen LogP contribution is -2.02. The van der Waals surface area contributed by atoms with Gasteiger partial charge in [-0.3, -0.25) is 0 Å². The molecule has 73 heavy (non-hydrogen) atoms. The zero-order valence-corrected chi connectivity index (χ0v) is 53.5. The molecule has 7 heteroatoms. The summed E-state index contributed by atoms with van der Waals surface area (Å²) in [4.78, 5) is 2.62. The van der Waals surface area contributed by atoms with Gasteiger partial charge >= 0.3 is 0 Å². The normalized spacial score (nSPS) is 12.7. The van der Waals surface area contributed by atoms with E-state index >= 15 is 0 Å². The van der Waals surface area contributed by atoms with Crippen molar-refractivity contribution in [2.45, 2.75) is 323 Å².